The number of nitrogens with zero attached hydrogens (tertiary/aromatic N) is 1. The van der Waals surface area contributed by atoms with Gasteiger partial charge >= 0.3 is 0 Å². The Bertz CT molecular complexity index is 541. The Morgan fingerprint density at radius 3 is 2.59 bits per heavy atom. The number of imidazole rings is 1. The van der Waals surface area contributed by atoms with Crippen LogP contribution in [0.5, 0.6) is 0 Å². The topological polar surface area (TPSA) is 54.7 Å². The first-order valence-electron chi connectivity index (χ1n) is 5.95. The van der Waals surface area contributed by atoms with Crippen LogP contribution in [0.15, 0.2) is 16.6 Å². The smallest absolute Gasteiger partial charge is 0.127 e. The molecule has 0 amide bonds. The highest BCUT2D eigenvalue weighted by atomic mass is 79.9. The van der Waals surface area contributed by atoms with E-state index in [4.69, 9.17) is 5.73 Å². The molecule has 0 aliphatic rings. The highest BCUT2D eigenvalue weighted by Crippen LogP contribution is 2.28. The lowest BCUT2D eigenvalue weighted by atomic mass is 9.93. The minimum atomic E-state index is -0.349. The minimum Gasteiger partial charge on any atom is -0.340 e. The first-order chi connectivity index (χ1) is 8.00. The van der Waals surface area contributed by atoms with Gasteiger partial charge in [0.2, 0.25) is 0 Å². The van der Waals surface area contributed by atoms with Gasteiger partial charge in [-0.25, -0.2) is 4.98 Å². The standard InChI is InChI=1S/C13H18BrN3/c1-4-13(15,5-2)12-16-10-7-9(14)6-8(3)11(10)17-12/h6-7H,4-5,15H2,1-3H3,(H,16,17). The molecule has 0 spiro atoms. The minimum absolute atomic E-state index is 0.349. The van der Waals surface area contributed by atoms with Crippen LogP contribution in [0.2, 0.25) is 0 Å². The van der Waals surface area contributed by atoms with Crippen molar-refractivity contribution in [3.8, 4) is 0 Å². The van der Waals surface area contributed by atoms with Crippen LogP contribution in [0.4, 0.5) is 0 Å². The second kappa shape index (κ2) is 4.42. The molecule has 1 aromatic heterocycles. The molecule has 0 unspecified atom stereocenters. The van der Waals surface area contributed by atoms with Crippen LogP contribution in [0.25, 0.3) is 11.0 Å². The lowest BCUT2D eigenvalue weighted by Gasteiger charge is -2.23. The van der Waals surface area contributed by atoms with E-state index < -0.39 is 0 Å². The molecule has 92 valence electrons. The highest BCUT2D eigenvalue weighted by Gasteiger charge is 2.26. The third-order valence-corrected chi connectivity index (χ3v) is 3.93. The summed E-state index contributed by atoms with van der Waals surface area (Å²) in [4.78, 5) is 8.02. The van der Waals surface area contributed by atoms with Crippen LogP contribution in [-0.2, 0) is 5.54 Å². The fraction of sp³-hybridized carbons (Fsp3) is 0.462. The number of benzene rings is 1. The Balaban J connectivity index is 2.62. The maximum absolute atomic E-state index is 6.36. The summed E-state index contributed by atoms with van der Waals surface area (Å²) in [7, 11) is 0. The molecule has 0 radical (unpaired) electrons. The average molecular weight is 296 g/mol. The van der Waals surface area contributed by atoms with E-state index in [1.54, 1.807) is 0 Å². The number of fused-ring (bicyclic) bond motifs is 1. The Hall–Kier alpha value is -0.870. The number of rotatable bonds is 3. The van der Waals surface area contributed by atoms with Crippen LogP contribution in [0.1, 0.15) is 38.1 Å². The summed E-state index contributed by atoms with van der Waals surface area (Å²) in [6.07, 6.45) is 1.76. The molecule has 0 aliphatic carbocycles. The molecule has 4 heteroatoms. The van der Waals surface area contributed by atoms with Crippen molar-refractivity contribution in [3.05, 3.63) is 28.0 Å². The Kier molecular flexibility index (Phi) is 3.27. The number of halogens is 1. The Labute approximate surface area is 110 Å². The summed E-state index contributed by atoms with van der Waals surface area (Å²) < 4.78 is 1.06. The highest BCUT2D eigenvalue weighted by molar-refractivity contribution is 9.10. The van der Waals surface area contributed by atoms with Gasteiger partial charge in [-0.1, -0.05) is 29.8 Å². The molecule has 1 aromatic carbocycles. The van der Waals surface area contributed by atoms with E-state index in [1.165, 1.54) is 0 Å². The van der Waals surface area contributed by atoms with Gasteiger partial charge in [-0.05, 0) is 37.5 Å². The molecule has 0 fully saturated rings. The molecule has 3 nitrogen and oxygen atoms in total. The third kappa shape index (κ3) is 2.11. The molecule has 3 N–H and O–H groups in total. The molecule has 2 aromatic rings. The van der Waals surface area contributed by atoms with Crippen molar-refractivity contribution in [2.75, 3.05) is 0 Å². The van der Waals surface area contributed by atoms with E-state index in [9.17, 15) is 0 Å². The summed E-state index contributed by atoms with van der Waals surface area (Å²) in [5, 5.41) is 0. The summed E-state index contributed by atoms with van der Waals surface area (Å²) in [6.45, 7) is 6.26. The van der Waals surface area contributed by atoms with Crippen LogP contribution in [0, 0.1) is 6.92 Å². The van der Waals surface area contributed by atoms with Gasteiger partial charge in [0.05, 0.1) is 16.6 Å². The average Bonchev–Trinajstić information content (AvgIpc) is 2.72. The molecule has 0 atom stereocenters. The normalized spacial score (nSPS) is 12.3. The Morgan fingerprint density at radius 2 is 2.00 bits per heavy atom. The van der Waals surface area contributed by atoms with Crippen LogP contribution < -0.4 is 5.73 Å². The monoisotopic (exact) mass is 295 g/mol. The molecule has 0 saturated carbocycles. The van der Waals surface area contributed by atoms with Crippen molar-refractivity contribution in [2.24, 2.45) is 5.73 Å². The first kappa shape index (κ1) is 12.6. The fourth-order valence-corrected chi connectivity index (χ4v) is 2.64. The van der Waals surface area contributed by atoms with Crippen LogP contribution in [0.3, 0.4) is 0 Å². The van der Waals surface area contributed by atoms with Gasteiger partial charge in [-0.15, -0.1) is 0 Å². The van der Waals surface area contributed by atoms with E-state index >= 15 is 0 Å². The van der Waals surface area contributed by atoms with Gasteiger partial charge in [0, 0.05) is 4.47 Å². The molecule has 1 heterocycles. The first-order valence-corrected chi connectivity index (χ1v) is 6.74. The van der Waals surface area contributed by atoms with Crippen molar-refractivity contribution in [3.63, 3.8) is 0 Å². The largest absolute Gasteiger partial charge is 0.340 e. The molecule has 0 aliphatic heterocycles. The van der Waals surface area contributed by atoms with Crippen LogP contribution >= 0.6 is 15.9 Å². The second-order valence-electron chi connectivity index (χ2n) is 4.57. The van der Waals surface area contributed by atoms with E-state index in [-0.39, 0.29) is 5.54 Å². The maximum atomic E-state index is 6.36. The van der Waals surface area contributed by atoms with Gasteiger partial charge < -0.3 is 10.7 Å². The zero-order valence-electron chi connectivity index (χ0n) is 10.5. The van der Waals surface area contributed by atoms with Crippen molar-refractivity contribution in [1.29, 1.82) is 0 Å². The van der Waals surface area contributed by atoms with Gasteiger partial charge in [0.1, 0.15) is 5.82 Å². The number of aryl methyl sites for hydroxylation is 1. The summed E-state index contributed by atoms with van der Waals surface area (Å²) in [5.74, 6) is 0.888. The molecule has 0 saturated heterocycles. The predicted octanol–water partition coefficient (Wildman–Crippen LogP) is 3.61. The lowest BCUT2D eigenvalue weighted by Crippen LogP contribution is -2.36. The van der Waals surface area contributed by atoms with Gasteiger partial charge in [0.15, 0.2) is 0 Å². The van der Waals surface area contributed by atoms with Crippen LogP contribution in [-0.4, -0.2) is 9.97 Å². The molecular formula is C13H18BrN3. The number of hydrogen-bond donors (Lipinski definition) is 2. The molecular weight excluding hydrogens is 278 g/mol. The number of aromatic nitrogens is 2. The summed E-state index contributed by atoms with van der Waals surface area (Å²) >= 11 is 3.50. The number of H-pyrrole nitrogens is 1. The number of nitrogens with one attached hydrogen (secondary N) is 1. The van der Waals surface area contributed by atoms with Crippen molar-refractivity contribution in [1.82, 2.24) is 9.97 Å². The van der Waals surface area contributed by atoms with Crippen molar-refractivity contribution >= 4 is 27.0 Å². The van der Waals surface area contributed by atoms with Gasteiger partial charge in [-0.3, -0.25) is 0 Å². The Morgan fingerprint density at radius 1 is 1.35 bits per heavy atom. The fourth-order valence-electron chi connectivity index (χ4n) is 2.07. The molecule has 2 rings (SSSR count). The second-order valence-corrected chi connectivity index (χ2v) is 5.48. The SMILES string of the molecule is CCC(N)(CC)c1nc2c(C)cc(Br)cc2[nH]1. The molecule has 17 heavy (non-hydrogen) atoms. The van der Waals surface area contributed by atoms with E-state index in [0.29, 0.717) is 0 Å². The van der Waals surface area contributed by atoms with Gasteiger partial charge in [0.25, 0.3) is 0 Å². The van der Waals surface area contributed by atoms with Crippen molar-refractivity contribution < 1.29 is 0 Å². The number of hydrogen-bond acceptors (Lipinski definition) is 2. The maximum Gasteiger partial charge on any atom is 0.127 e. The summed E-state index contributed by atoms with van der Waals surface area (Å²) in [5.41, 5.74) is 9.23. The van der Waals surface area contributed by atoms with Gasteiger partial charge in [-0.2, -0.15) is 0 Å². The lowest BCUT2D eigenvalue weighted by molar-refractivity contribution is 0.392. The predicted molar refractivity (Wildman–Crippen MR) is 75.0 cm³/mol. The van der Waals surface area contributed by atoms with E-state index in [0.717, 1.165) is 39.7 Å². The van der Waals surface area contributed by atoms with E-state index in [1.807, 2.05) is 6.07 Å². The van der Waals surface area contributed by atoms with E-state index in [2.05, 4.69) is 52.7 Å². The third-order valence-electron chi connectivity index (χ3n) is 3.48. The quantitative estimate of drug-likeness (QED) is 0.909. The zero-order valence-corrected chi connectivity index (χ0v) is 12.1. The zero-order chi connectivity index (χ0) is 12.6. The molecule has 0 bridgehead atoms. The summed E-state index contributed by atoms with van der Waals surface area (Å²) in [6, 6.07) is 4.12. The number of nitrogens with two attached hydrogens (primary N) is 1. The number of aromatic amines is 1. The van der Waals surface area contributed by atoms with Crippen molar-refractivity contribution in [2.45, 2.75) is 39.2 Å².